The number of aliphatic hydroxyl groups excluding tert-OH is 3. The van der Waals surface area contributed by atoms with E-state index in [0.29, 0.717) is 17.6 Å². The van der Waals surface area contributed by atoms with Gasteiger partial charge in [0.2, 0.25) is 0 Å². The van der Waals surface area contributed by atoms with Gasteiger partial charge >= 0.3 is 5.97 Å². The lowest BCUT2D eigenvalue weighted by atomic mass is 9.41. The van der Waals surface area contributed by atoms with Crippen molar-refractivity contribution in [2.45, 2.75) is 143 Å². The Hall–Kier alpha value is -1.52. The van der Waals surface area contributed by atoms with E-state index in [1.807, 2.05) is 19.9 Å². The van der Waals surface area contributed by atoms with Crippen LogP contribution < -0.4 is 0 Å². The van der Waals surface area contributed by atoms with E-state index in [1.54, 1.807) is 0 Å². The summed E-state index contributed by atoms with van der Waals surface area (Å²) >= 11 is 0. The Morgan fingerprint density at radius 1 is 0.957 bits per heavy atom. The Morgan fingerprint density at radius 2 is 1.65 bits per heavy atom. The van der Waals surface area contributed by atoms with Crippen molar-refractivity contribution in [3.8, 4) is 0 Å². The molecule has 2 spiro atoms. The number of allylic oxidation sites excluding steroid dienone is 2. The highest BCUT2D eigenvalue weighted by atomic mass is 16.7. The van der Waals surface area contributed by atoms with Gasteiger partial charge in [0.1, 0.15) is 30.5 Å². The number of carbonyl (C=O) groups is 2. The van der Waals surface area contributed by atoms with Gasteiger partial charge in [-0.25, -0.2) is 0 Å². The first kappa shape index (κ1) is 33.0. The van der Waals surface area contributed by atoms with Gasteiger partial charge in [-0.05, 0) is 90.4 Å². The van der Waals surface area contributed by atoms with Crippen LogP contribution in [-0.4, -0.2) is 76.6 Å². The minimum Gasteiger partial charge on any atom is -0.487 e. The summed E-state index contributed by atoms with van der Waals surface area (Å²) in [6, 6.07) is 0. The second kappa shape index (κ2) is 10.5. The summed E-state index contributed by atoms with van der Waals surface area (Å²) in [4.78, 5) is 25.9. The molecule has 0 amide bonds. The predicted octanol–water partition coefficient (Wildman–Crippen LogP) is 4.55. The molecule has 258 valence electrons. The standard InChI is InChI=1S/C37H56O9/c1-18(2)29(40)22-13-19(3)28-23(45-22)14-34(7)25-10-9-24-33(5,6)26(46-32-31(42)30(41)21(39)16-43-32)11-12-36(24)17-37(25,36)15-27(35(28,34)8)44-20(4)38/h13,18-19,21,23-28,30-32,39,41-42H,9-12,14-17H2,1-8H3/t19-,21-,23+,24+,25+,26+,27-,28+,30+,31-,32+,34+,35-,36-,37+/m1/s1. The Balaban J connectivity index is 1.20. The van der Waals surface area contributed by atoms with E-state index in [4.69, 9.17) is 18.9 Å². The molecular formula is C37H56O9. The fourth-order valence-corrected chi connectivity index (χ4v) is 13.1. The zero-order valence-electron chi connectivity index (χ0n) is 29.0. The minimum atomic E-state index is -1.31. The number of hydrogen-bond acceptors (Lipinski definition) is 9. The number of Topliss-reactive ketones (excluding diaryl/α,β-unsaturated/α-hetero) is 1. The molecule has 0 aromatic heterocycles. The van der Waals surface area contributed by atoms with Crippen LogP contribution in [0.15, 0.2) is 11.8 Å². The van der Waals surface area contributed by atoms with E-state index in [0.717, 1.165) is 44.9 Å². The van der Waals surface area contributed by atoms with Crippen LogP contribution in [0.5, 0.6) is 0 Å². The molecule has 7 rings (SSSR count). The molecule has 15 atom stereocenters. The molecule has 46 heavy (non-hydrogen) atoms. The number of rotatable bonds is 5. The van der Waals surface area contributed by atoms with Crippen molar-refractivity contribution in [1.82, 2.24) is 0 Å². The monoisotopic (exact) mass is 644 g/mol. The van der Waals surface area contributed by atoms with Crippen LogP contribution in [0.4, 0.5) is 0 Å². The summed E-state index contributed by atoms with van der Waals surface area (Å²) in [6.45, 7) is 16.9. The lowest BCUT2D eigenvalue weighted by Crippen LogP contribution is -2.63. The Bertz CT molecular complexity index is 1310. The molecule has 9 nitrogen and oxygen atoms in total. The quantitative estimate of drug-likeness (QED) is 0.292. The average Bonchev–Trinajstić information content (AvgIpc) is 3.55. The fraction of sp³-hybridized carbons (Fsp3) is 0.892. The SMILES string of the molecule is CC(=O)O[C@@H]1C[C@@]23C[C@@]24CC[C@H](O[C@@H]2OC[C@@H](O)[C@H](O)[C@H]2O)C(C)(C)[C@@H]4CC[C@H]3[C@]2(C)C[C@@H]3OC(C(=O)C(C)C)=C[C@@H](C)[C@@H]3[C@@]12C. The molecule has 2 heterocycles. The molecular weight excluding hydrogens is 588 g/mol. The zero-order chi connectivity index (χ0) is 33.4. The van der Waals surface area contributed by atoms with Gasteiger partial charge in [-0.15, -0.1) is 0 Å². The highest BCUT2D eigenvalue weighted by molar-refractivity contribution is 5.95. The summed E-state index contributed by atoms with van der Waals surface area (Å²) in [5.74, 6) is 1.31. The molecule has 0 bridgehead atoms. The molecule has 5 saturated carbocycles. The van der Waals surface area contributed by atoms with Crippen molar-refractivity contribution >= 4 is 11.8 Å². The van der Waals surface area contributed by atoms with Crippen LogP contribution in [0.1, 0.15) is 100 Å². The fourth-order valence-electron chi connectivity index (χ4n) is 13.1. The molecule has 0 aromatic carbocycles. The number of ketones is 1. The number of ether oxygens (including phenoxy) is 4. The molecule has 0 unspecified atom stereocenters. The highest BCUT2D eigenvalue weighted by Gasteiger charge is 2.85. The topological polar surface area (TPSA) is 132 Å². The number of fused-ring (bicyclic) bond motifs is 4. The van der Waals surface area contributed by atoms with E-state index in [9.17, 15) is 24.9 Å². The highest BCUT2D eigenvalue weighted by Crippen LogP contribution is 2.89. The van der Waals surface area contributed by atoms with Crippen molar-refractivity contribution in [3.63, 3.8) is 0 Å². The van der Waals surface area contributed by atoms with Crippen LogP contribution in [0.3, 0.4) is 0 Å². The molecule has 9 heteroatoms. The van der Waals surface area contributed by atoms with Crippen molar-refractivity contribution in [2.75, 3.05) is 6.61 Å². The second-order valence-corrected chi connectivity index (χ2v) is 17.7. The van der Waals surface area contributed by atoms with E-state index in [2.05, 4.69) is 34.6 Å². The molecule has 1 saturated heterocycles. The van der Waals surface area contributed by atoms with Gasteiger partial charge in [0.15, 0.2) is 17.8 Å². The number of hydrogen-bond donors (Lipinski definition) is 3. The van der Waals surface area contributed by atoms with Crippen LogP contribution in [0.25, 0.3) is 0 Å². The van der Waals surface area contributed by atoms with Crippen molar-refractivity contribution in [3.05, 3.63) is 11.8 Å². The van der Waals surface area contributed by atoms with Gasteiger partial charge in [0, 0.05) is 24.2 Å². The summed E-state index contributed by atoms with van der Waals surface area (Å²) in [5, 5.41) is 30.9. The third kappa shape index (κ3) is 4.16. The third-order valence-electron chi connectivity index (χ3n) is 15.2. The molecule has 5 aliphatic carbocycles. The van der Waals surface area contributed by atoms with Gasteiger partial charge in [-0.3, -0.25) is 9.59 Å². The smallest absolute Gasteiger partial charge is 0.302 e. The largest absolute Gasteiger partial charge is 0.487 e. The maximum Gasteiger partial charge on any atom is 0.302 e. The first-order chi connectivity index (χ1) is 21.4. The average molecular weight is 645 g/mol. The third-order valence-corrected chi connectivity index (χ3v) is 15.2. The zero-order valence-corrected chi connectivity index (χ0v) is 29.0. The molecule has 7 aliphatic rings. The molecule has 2 aliphatic heterocycles. The summed E-state index contributed by atoms with van der Waals surface area (Å²) < 4.78 is 25.2. The van der Waals surface area contributed by atoms with E-state index in [-0.39, 0.29) is 81.5 Å². The van der Waals surface area contributed by atoms with Crippen LogP contribution in [-0.2, 0) is 28.5 Å². The maximum absolute atomic E-state index is 13.1. The Labute approximate surface area is 273 Å². The van der Waals surface area contributed by atoms with Crippen LogP contribution in [0.2, 0.25) is 0 Å². The van der Waals surface area contributed by atoms with E-state index >= 15 is 0 Å². The van der Waals surface area contributed by atoms with Gasteiger partial charge < -0.3 is 34.3 Å². The Morgan fingerprint density at radius 3 is 2.33 bits per heavy atom. The van der Waals surface area contributed by atoms with Crippen LogP contribution >= 0.6 is 0 Å². The number of aliphatic hydroxyl groups is 3. The van der Waals surface area contributed by atoms with Gasteiger partial charge in [0.25, 0.3) is 0 Å². The first-order valence-electron chi connectivity index (χ1n) is 17.9. The van der Waals surface area contributed by atoms with Crippen molar-refractivity contribution < 1.29 is 43.9 Å². The first-order valence-corrected chi connectivity index (χ1v) is 17.9. The summed E-state index contributed by atoms with van der Waals surface area (Å²) in [7, 11) is 0. The molecule has 0 aromatic rings. The van der Waals surface area contributed by atoms with Gasteiger partial charge in [-0.2, -0.15) is 0 Å². The maximum atomic E-state index is 13.1. The lowest BCUT2D eigenvalue weighted by Gasteiger charge is -2.65. The van der Waals surface area contributed by atoms with Gasteiger partial charge in [0.05, 0.1) is 12.7 Å². The molecule has 3 N–H and O–H groups in total. The normalized spacial score (nSPS) is 53.4. The minimum absolute atomic E-state index is 0.0500. The van der Waals surface area contributed by atoms with E-state index in [1.165, 1.54) is 6.92 Å². The summed E-state index contributed by atoms with van der Waals surface area (Å²) in [5.41, 5.74) is -0.488. The predicted molar refractivity (Wildman–Crippen MR) is 168 cm³/mol. The molecule has 6 fully saturated rings. The Kier molecular flexibility index (Phi) is 7.53. The van der Waals surface area contributed by atoms with Crippen molar-refractivity contribution in [2.24, 2.45) is 56.7 Å². The number of carbonyl (C=O) groups excluding carboxylic acids is 2. The number of esters is 1. The van der Waals surface area contributed by atoms with Crippen molar-refractivity contribution in [1.29, 1.82) is 0 Å². The van der Waals surface area contributed by atoms with Gasteiger partial charge in [-0.1, -0.05) is 48.5 Å². The van der Waals surface area contributed by atoms with E-state index < -0.39 is 24.6 Å². The lowest BCUT2D eigenvalue weighted by molar-refractivity contribution is -0.303. The molecule has 0 radical (unpaired) electrons. The second-order valence-electron chi connectivity index (χ2n) is 17.7. The van der Waals surface area contributed by atoms with Crippen LogP contribution in [0, 0.1) is 56.7 Å². The summed E-state index contributed by atoms with van der Waals surface area (Å²) in [6.07, 6.45) is 3.60.